The Balaban J connectivity index is 1.66. The van der Waals surface area contributed by atoms with E-state index in [9.17, 15) is 14.0 Å². The number of benzene rings is 2. The zero-order valence-corrected chi connectivity index (χ0v) is 17.9. The summed E-state index contributed by atoms with van der Waals surface area (Å²) in [6.45, 7) is 5.41. The summed E-state index contributed by atoms with van der Waals surface area (Å²) in [5.74, 6) is -1.23. The SMILES string of the molecule is CC(=O)N(c1nc(/C=C2/N=C(c3cccc(F)c3)OC2=O)cs1)c1cccc(C)c1C. The number of aromatic nitrogens is 1. The lowest BCUT2D eigenvalue weighted by molar-refractivity contribution is -0.130. The van der Waals surface area contributed by atoms with Gasteiger partial charge in [0, 0.05) is 17.9 Å². The minimum absolute atomic E-state index is 0.0342. The number of cyclic esters (lactones) is 1. The first kappa shape index (κ1) is 20.6. The maximum atomic E-state index is 13.4. The predicted molar refractivity (Wildman–Crippen MR) is 118 cm³/mol. The summed E-state index contributed by atoms with van der Waals surface area (Å²) in [5.41, 5.74) is 3.69. The lowest BCUT2D eigenvalue weighted by Gasteiger charge is -2.21. The lowest BCUT2D eigenvalue weighted by Crippen LogP contribution is -2.23. The molecular formula is C23H18FN3O3S. The number of nitrogens with zero attached hydrogens (tertiary/aromatic N) is 3. The van der Waals surface area contributed by atoms with Crippen LogP contribution < -0.4 is 4.90 Å². The number of aryl methyl sites for hydroxylation is 1. The van der Waals surface area contributed by atoms with Crippen molar-refractivity contribution in [1.82, 2.24) is 4.98 Å². The third-order valence-electron chi connectivity index (χ3n) is 4.81. The number of hydrogen-bond acceptors (Lipinski definition) is 6. The van der Waals surface area contributed by atoms with Gasteiger partial charge in [0.1, 0.15) is 5.82 Å². The molecule has 0 unspecified atom stereocenters. The van der Waals surface area contributed by atoms with Gasteiger partial charge >= 0.3 is 5.97 Å². The van der Waals surface area contributed by atoms with Gasteiger partial charge in [0.25, 0.3) is 0 Å². The molecule has 0 spiro atoms. The van der Waals surface area contributed by atoms with E-state index in [0.717, 1.165) is 16.8 Å². The van der Waals surface area contributed by atoms with Gasteiger partial charge in [-0.25, -0.2) is 19.2 Å². The monoisotopic (exact) mass is 435 g/mol. The summed E-state index contributed by atoms with van der Waals surface area (Å²) >= 11 is 1.28. The van der Waals surface area contributed by atoms with Gasteiger partial charge in [-0.3, -0.25) is 9.69 Å². The molecule has 0 atom stereocenters. The Morgan fingerprint density at radius 1 is 1.19 bits per heavy atom. The normalized spacial score (nSPS) is 14.5. The number of amides is 1. The Morgan fingerprint density at radius 2 is 1.97 bits per heavy atom. The second-order valence-electron chi connectivity index (χ2n) is 6.97. The van der Waals surface area contributed by atoms with Gasteiger partial charge in [0.05, 0.1) is 11.4 Å². The van der Waals surface area contributed by atoms with Gasteiger partial charge in [-0.15, -0.1) is 11.3 Å². The van der Waals surface area contributed by atoms with E-state index in [4.69, 9.17) is 4.74 Å². The van der Waals surface area contributed by atoms with Crippen LogP contribution in [0.25, 0.3) is 6.08 Å². The molecule has 0 saturated heterocycles. The van der Waals surface area contributed by atoms with E-state index in [1.165, 1.54) is 42.5 Å². The molecule has 0 saturated carbocycles. The Hall–Kier alpha value is -3.65. The largest absolute Gasteiger partial charge is 0.402 e. The number of carbonyl (C=O) groups excluding carboxylic acids is 2. The average molecular weight is 435 g/mol. The molecule has 0 aliphatic carbocycles. The van der Waals surface area contributed by atoms with Crippen molar-refractivity contribution in [3.8, 4) is 0 Å². The van der Waals surface area contributed by atoms with Gasteiger partial charge in [0.2, 0.25) is 11.8 Å². The van der Waals surface area contributed by atoms with Crippen molar-refractivity contribution in [1.29, 1.82) is 0 Å². The van der Waals surface area contributed by atoms with Crippen LogP contribution in [0.4, 0.5) is 15.2 Å². The Kier molecular flexibility index (Phi) is 5.48. The number of hydrogen-bond donors (Lipinski definition) is 0. The minimum atomic E-state index is -0.647. The van der Waals surface area contributed by atoms with E-state index in [0.29, 0.717) is 16.4 Å². The Bertz CT molecular complexity index is 1260. The molecule has 0 bridgehead atoms. The molecule has 0 radical (unpaired) electrons. The van der Waals surface area contributed by atoms with E-state index in [1.54, 1.807) is 16.3 Å². The molecule has 6 nitrogen and oxygen atoms in total. The number of aliphatic imine (C=N–C) groups is 1. The summed E-state index contributed by atoms with van der Waals surface area (Å²) in [7, 11) is 0. The standard InChI is InChI=1S/C23H18FN3O3S/c1-13-6-4-9-20(14(13)2)27(15(3)28)23-25-18(12-31-23)11-19-22(29)30-21(26-19)16-7-5-8-17(24)10-16/h4-12H,1-3H3/b19-11+. The summed E-state index contributed by atoms with van der Waals surface area (Å²) < 4.78 is 18.6. The van der Waals surface area contributed by atoms with Crippen molar-refractivity contribution >= 4 is 46.0 Å². The smallest absolute Gasteiger partial charge is 0.363 e. The number of anilines is 2. The van der Waals surface area contributed by atoms with Gasteiger partial charge in [-0.1, -0.05) is 18.2 Å². The highest BCUT2D eigenvalue weighted by Gasteiger charge is 2.25. The first-order chi connectivity index (χ1) is 14.8. The molecule has 1 aliphatic heterocycles. The summed E-state index contributed by atoms with van der Waals surface area (Å²) in [6.07, 6.45) is 1.48. The molecule has 4 rings (SSSR count). The number of carbonyl (C=O) groups is 2. The van der Waals surface area contributed by atoms with E-state index in [1.807, 2.05) is 32.0 Å². The number of halogens is 1. The molecular weight excluding hydrogens is 417 g/mol. The highest BCUT2D eigenvalue weighted by atomic mass is 32.1. The molecule has 8 heteroatoms. The van der Waals surface area contributed by atoms with E-state index in [2.05, 4.69) is 9.98 Å². The molecule has 0 fully saturated rings. The van der Waals surface area contributed by atoms with Gasteiger partial charge < -0.3 is 4.74 Å². The first-order valence-electron chi connectivity index (χ1n) is 9.44. The highest BCUT2D eigenvalue weighted by Crippen LogP contribution is 2.33. The minimum Gasteiger partial charge on any atom is -0.402 e. The molecule has 2 aromatic carbocycles. The summed E-state index contributed by atoms with van der Waals surface area (Å²) in [6, 6.07) is 11.4. The average Bonchev–Trinajstić information content (AvgIpc) is 3.32. The van der Waals surface area contributed by atoms with Crippen molar-refractivity contribution in [2.75, 3.05) is 4.90 Å². The predicted octanol–water partition coefficient (Wildman–Crippen LogP) is 4.93. The fraction of sp³-hybridized carbons (Fsp3) is 0.130. The van der Waals surface area contributed by atoms with E-state index < -0.39 is 11.8 Å². The maximum absolute atomic E-state index is 13.4. The number of esters is 1. The van der Waals surface area contributed by atoms with Gasteiger partial charge in [-0.2, -0.15) is 0 Å². The highest BCUT2D eigenvalue weighted by molar-refractivity contribution is 7.14. The molecule has 1 amide bonds. The van der Waals surface area contributed by atoms with Crippen molar-refractivity contribution in [2.24, 2.45) is 4.99 Å². The van der Waals surface area contributed by atoms with Gasteiger partial charge in [0.15, 0.2) is 10.8 Å². The molecule has 0 N–H and O–H groups in total. The molecule has 1 aromatic heterocycles. The van der Waals surface area contributed by atoms with Crippen LogP contribution in [0.1, 0.15) is 29.3 Å². The number of thiazole rings is 1. The van der Waals surface area contributed by atoms with Crippen molar-refractivity contribution in [3.63, 3.8) is 0 Å². The third-order valence-corrected chi connectivity index (χ3v) is 5.65. The van der Waals surface area contributed by atoms with Crippen molar-refractivity contribution in [3.05, 3.63) is 81.7 Å². The maximum Gasteiger partial charge on any atom is 0.363 e. The van der Waals surface area contributed by atoms with Crippen LogP contribution in [0.3, 0.4) is 0 Å². The second kappa shape index (κ2) is 8.23. The van der Waals surface area contributed by atoms with Crippen LogP contribution in [-0.4, -0.2) is 22.8 Å². The first-order valence-corrected chi connectivity index (χ1v) is 10.3. The van der Waals surface area contributed by atoms with Gasteiger partial charge in [-0.05, 0) is 55.3 Å². The zero-order valence-electron chi connectivity index (χ0n) is 17.0. The van der Waals surface area contributed by atoms with Crippen molar-refractivity contribution in [2.45, 2.75) is 20.8 Å². The van der Waals surface area contributed by atoms with Crippen LogP contribution in [0.15, 0.2) is 58.5 Å². The molecule has 3 aromatic rings. The third kappa shape index (κ3) is 4.15. The Labute approximate surface area is 182 Å². The molecule has 1 aliphatic rings. The number of ether oxygens (including phenoxy) is 1. The molecule has 2 heterocycles. The van der Waals surface area contributed by atoms with Crippen LogP contribution in [-0.2, 0) is 14.3 Å². The fourth-order valence-corrected chi connectivity index (χ4v) is 3.96. The van der Waals surface area contributed by atoms with Crippen LogP contribution in [0.2, 0.25) is 0 Å². The lowest BCUT2D eigenvalue weighted by atomic mass is 10.1. The molecule has 156 valence electrons. The van der Waals surface area contributed by atoms with E-state index >= 15 is 0 Å². The van der Waals surface area contributed by atoms with Crippen LogP contribution >= 0.6 is 11.3 Å². The topological polar surface area (TPSA) is 71.9 Å². The van der Waals surface area contributed by atoms with Crippen LogP contribution in [0, 0.1) is 19.7 Å². The quantitative estimate of drug-likeness (QED) is 0.430. The number of rotatable bonds is 4. The zero-order chi connectivity index (χ0) is 22.1. The fourth-order valence-electron chi connectivity index (χ4n) is 3.12. The summed E-state index contributed by atoms with van der Waals surface area (Å²) in [4.78, 5) is 34.8. The van der Waals surface area contributed by atoms with Crippen molar-refractivity contribution < 1.29 is 18.7 Å². The van der Waals surface area contributed by atoms with Crippen LogP contribution in [0.5, 0.6) is 0 Å². The molecule has 31 heavy (non-hydrogen) atoms. The second-order valence-corrected chi connectivity index (χ2v) is 7.81. The van der Waals surface area contributed by atoms with E-state index in [-0.39, 0.29) is 17.5 Å². The summed E-state index contributed by atoms with van der Waals surface area (Å²) in [5, 5.41) is 2.21. The Morgan fingerprint density at radius 3 is 2.71 bits per heavy atom.